The van der Waals surface area contributed by atoms with Crippen LogP contribution in [-0.2, 0) is 0 Å². The smallest absolute Gasteiger partial charge is 0.264 e. The third kappa shape index (κ3) is 2.26. The SMILES string of the molecule is Cc1ccc2ccccc2[n+]1NC(=O)c1ccccc1. The van der Waals surface area contributed by atoms with E-state index in [1.165, 1.54) is 0 Å². The van der Waals surface area contributed by atoms with E-state index in [0.717, 1.165) is 16.6 Å². The number of para-hydroxylation sites is 1. The molecule has 0 saturated carbocycles. The summed E-state index contributed by atoms with van der Waals surface area (Å²) >= 11 is 0. The number of nitrogens with one attached hydrogen (secondary N) is 1. The summed E-state index contributed by atoms with van der Waals surface area (Å²) in [7, 11) is 0. The Morgan fingerprint density at radius 2 is 1.60 bits per heavy atom. The van der Waals surface area contributed by atoms with Gasteiger partial charge in [-0.2, -0.15) is 0 Å². The van der Waals surface area contributed by atoms with Crippen molar-refractivity contribution in [2.24, 2.45) is 0 Å². The lowest BCUT2D eigenvalue weighted by atomic mass is 10.2. The Bertz CT molecular complexity index is 766. The van der Waals surface area contributed by atoms with Crippen LogP contribution in [0.5, 0.6) is 0 Å². The molecule has 0 saturated heterocycles. The number of carbonyl (C=O) groups excluding carboxylic acids is 1. The quantitative estimate of drug-likeness (QED) is 0.709. The molecule has 1 amide bonds. The second-order valence-electron chi connectivity index (χ2n) is 4.68. The molecule has 2 aromatic carbocycles. The minimum atomic E-state index is -0.116. The van der Waals surface area contributed by atoms with Crippen LogP contribution in [0.15, 0.2) is 66.7 Å². The van der Waals surface area contributed by atoms with Gasteiger partial charge in [-0.15, -0.1) is 5.43 Å². The summed E-state index contributed by atoms with van der Waals surface area (Å²) in [6.07, 6.45) is 0. The molecule has 3 nitrogen and oxygen atoms in total. The predicted molar refractivity (Wildman–Crippen MR) is 79.0 cm³/mol. The summed E-state index contributed by atoms with van der Waals surface area (Å²) in [5, 5.41) is 1.09. The molecule has 20 heavy (non-hydrogen) atoms. The van der Waals surface area contributed by atoms with Gasteiger partial charge in [-0.1, -0.05) is 35.0 Å². The van der Waals surface area contributed by atoms with E-state index in [4.69, 9.17) is 0 Å². The Hall–Kier alpha value is -2.68. The normalized spacial score (nSPS) is 10.4. The van der Waals surface area contributed by atoms with Crippen molar-refractivity contribution < 1.29 is 9.47 Å². The number of fused-ring (bicyclic) bond motifs is 1. The highest BCUT2D eigenvalue weighted by atomic mass is 16.2. The van der Waals surface area contributed by atoms with Gasteiger partial charge in [-0.25, -0.2) is 0 Å². The lowest BCUT2D eigenvalue weighted by Gasteiger charge is -2.05. The highest BCUT2D eigenvalue weighted by Crippen LogP contribution is 2.09. The van der Waals surface area contributed by atoms with Gasteiger partial charge in [0.15, 0.2) is 0 Å². The zero-order valence-electron chi connectivity index (χ0n) is 11.2. The molecule has 1 heterocycles. The van der Waals surface area contributed by atoms with Gasteiger partial charge in [0.25, 0.3) is 0 Å². The average molecular weight is 263 g/mol. The number of nitrogens with zero attached hydrogens (tertiary/aromatic N) is 1. The maximum absolute atomic E-state index is 12.3. The molecule has 0 radical (unpaired) electrons. The van der Waals surface area contributed by atoms with E-state index < -0.39 is 0 Å². The van der Waals surface area contributed by atoms with Crippen LogP contribution in [0.2, 0.25) is 0 Å². The number of aromatic nitrogens is 1. The standard InChI is InChI=1S/C17H14N2O/c1-13-11-12-14-7-5-6-10-16(14)19(13)18-17(20)15-8-3-2-4-9-15/h2-12H,1H3/p+1. The van der Waals surface area contributed by atoms with Crippen molar-refractivity contribution >= 4 is 16.8 Å². The summed E-state index contributed by atoms with van der Waals surface area (Å²) in [5.74, 6) is -0.116. The van der Waals surface area contributed by atoms with Crippen molar-refractivity contribution in [1.82, 2.24) is 0 Å². The Labute approximate surface area is 117 Å². The van der Waals surface area contributed by atoms with Crippen molar-refractivity contribution in [1.29, 1.82) is 0 Å². The van der Waals surface area contributed by atoms with Gasteiger partial charge < -0.3 is 0 Å². The summed E-state index contributed by atoms with van der Waals surface area (Å²) in [6, 6.07) is 21.2. The van der Waals surface area contributed by atoms with Gasteiger partial charge in [-0.05, 0) is 24.3 Å². The Balaban J connectivity index is 2.03. The zero-order chi connectivity index (χ0) is 13.9. The molecule has 0 unspecified atom stereocenters. The van der Waals surface area contributed by atoms with E-state index in [1.54, 1.807) is 12.1 Å². The van der Waals surface area contributed by atoms with Gasteiger partial charge >= 0.3 is 5.91 Å². The maximum atomic E-state index is 12.3. The number of carbonyl (C=O) groups is 1. The van der Waals surface area contributed by atoms with E-state index in [2.05, 4.69) is 11.5 Å². The van der Waals surface area contributed by atoms with Gasteiger partial charge in [0.2, 0.25) is 11.2 Å². The third-order valence-corrected chi connectivity index (χ3v) is 3.28. The Morgan fingerprint density at radius 1 is 0.900 bits per heavy atom. The largest absolute Gasteiger partial charge is 0.305 e. The average Bonchev–Trinajstić information content (AvgIpc) is 2.51. The Kier molecular flexibility index (Phi) is 3.17. The van der Waals surface area contributed by atoms with Crippen LogP contribution in [0.1, 0.15) is 16.1 Å². The van der Waals surface area contributed by atoms with E-state index in [-0.39, 0.29) is 5.91 Å². The van der Waals surface area contributed by atoms with Crippen LogP contribution in [-0.4, -0.2) is 5.91 Å². The number of pyridine rings is 1. The summed E-state index contributed by atoms with van der Waals surface area (Å²) in [6.45, 7) is 1.97. The van der Waals surface area contributed by atoms with Gasteiger partial charge in [0, 0.05) is 30.0 Å². The fourth-order valence-corrected chi connectivity index (χ4v) is 2.21. The van der Waals surface area contributed by atoms with E-state index in [0.29, 0.717) is 5.56 Å². The molecule has 0 aliphatic heterocycles. The van der Waals surface area contributed by atoms with Crippen molar-refractivity contribution in [3.05, 3.63) is 78.0 Å². The first-order valence-corrected chi connectivity index (χ1v) is 6.52. The molecular weight excluding hydrogens is 248 g/mol. The minimum absolute atomic E-state index is 0.116. The molecule has 0 fully saturated rings. The highest BCUT2D eigenvalue weighted by Gasteiger charge is 2.16. The van der Waals surface area contributed by atoms with Crippen LogP contribution in [0.25, 0.3) is 10.9 Å². The molecule has 0 aliphatic rings. The summed E-state index contributed by atoms with van der Waals surface area (Å²) in [4.78, 5) is 12.3. The number of amides is 1. The second-order valence-corrected chi connectivity index (χ2v) is 4.68. The zero-order valence-corrected chi connectivity index (χ0v) is 11.2. The van der Waals surface area contributed by atoms with Crippen LogP contribution >= 0.6 is 0 Å². The molecule has 1 N–H and O–H groups in total. The molecule has 0 bridgehead atoms. The molecule has 3 aromatic rings. The van der Waals surface area contributed by atoms with Crippen LogP contribution < -0.4 is 10.1 Å². The second kappa shape index (κ2) is 5.13. The number of aryl methyl sites for hydroxylation is 1. The van der Waals surface area contributed by atoms with E-state index in [1.807, 2.05) is 60.1 Å². The summed E-state index contributed by atoms with van der Waals surface area (Å²) < 4.78 is 1.82. The van der Waals surface area contributed by atoms with Crippen LogP contribution in [0, 0.1) is 6.92 Å². The molecule has 0 aliphatic carbocycles. The molecular formula is C17H15N2O+. The first-order valence-electron chi connectivity index (χ1n) is 6.52. The number of rotatable bonds is 2. The molecule has 3 rings (SSSR count). The van der Waals surface area contributed by atoms with Gasteiger partial charge in [0.1, 0.15) is 0 Å². The molecule has 0 spiro atoms. The van der Waals surface area contributed by atoms with Crippen molar-refractivity contribution in [2.45, 2.75) is 6.92 Å². The summed E-state index contributed by atoms with van der Waals surface area (Å²) in [5.41, 5.74) is 5.56. The van der Waals surface area contributed by atoms with Gasteiger partial charge in [0.05, 0.1) is 0 Å². The van der Waals surface area contributed by atoms with Crippen LogP contribution in [0.4, 0.5) is 0 Å². The first kappa shape index (κ1) is 12.4. The lowest BCUT2D eigenvalue weighted by Crippen LogP contribution is -2.51. The van der Waals surface area contributed by atoms with E-state index >= 15 is 0 Å². The number of benzene rings is 2. The van der Waals surface area contributed by atoms with Crippen molar-refractivity contribution in [3.8, 4) is 0 Å². The van der Waals surface area contributed by atoms with E-state index in [9.17, 15) is 4.79 Å². The predicted octanol–water partition coefficient (Wildman–Crippen LogP) is 2.82. The topological polar surface area (TPSA) is 33.0 Å². The number of hydrogen-bond acceptors (Lipinski definition) is 1. The van der Waals surface area contributed by atoms with Crippen molar-refractivity contribution in [2.75, 3.05) is 5.43 Å². The fraction of sp³-hybridized carbons (Fsp3) is 0.0588. The molecule has 1 aromatic heterocycles. The Morgan fingerprint density at radius 3 is 2.40 bits per heavy atom. The minimum Gasteiger partial charge on any atom is -0.264 e. The van der Waals surface area contributed by atoms with Gasteiger partial charge in [-0.3, -0.25) is 4.79 Å². The third-order valence-electron chi connectivity index (χ3n) is 3.28. The maximum Gasteiger partial charge on any atom is 0.305 e. The molecule has 98 valence electrons. The first-order chi connectivity index (χ1) is 9.75. The van der Waals surface area contributed by atoms with Crippen molar-refractivity contribution in [3.63, 3.8) is 0 Å². The highest BCUT2D eigenvalue weighted by molar-refractivity contribution is 5.99. The monoisotopic (exact) mass is 263 g/mol. The number of hydrogen-bond donors (Lipinski definition) is 1. The fourth-order valence-electron chi connectivity index (χ4n) is 2.21. The van der Waals surface area contributed by atoms with Crippen LogP contribution in [0.3, 0.4) is 0 Å². The molecule has 3 heteroatoms. The molecule has 0 atom stereocenters. The lowest BCUT2D eigenvalue weighted by molar-refractivity contribution is -0.620.